The lowest BCUT2D eigenvalue weighted by atomic mass is 10.0. The van der Waals surface area contributed by atoms with Crippen molar-refractivity contribution >= 4 is 0 Å². The van der Waals surface area contributed by atoms with E-state index in [1.165, 1.54) is 20.3 Å². The van der Waals surface area contributed by atoms with Gasteiger partial charge in [0.25, 0.3) is 0 Å². The van der Waals surface area contributed by atoms with E-state index in [1.54, 1.807) is 0 Å². The Balaban J connectivity index is 2.61. The molecule has 0 aromatic heterocycles. The molecule has 0 unspecified atom stereocenters. The van der Waals surface area contributed by atoms with Gasteiger partial charge in [-0.05, 0) is 18.9 Å². The van der Waals surface area contributed by atoms with E-state index in [-0.39, 0.29) is 11.5 Å². The Morgan fingerprint density at radius 3 is 2.06 bits per heavy atom. The van der Waals surface area contributed by atoms with Crippen molar-refractivity contribution in [1.82, 2.24) is 0 Å². The van der Waals surface area contributed by atoms with Gasteiger partial charge in [0.2, 0.25) is 0 Å². The Morgan fingerprint density at radius 1 is 1.11 bits per heavy atom. The Morgan fingerprint density at radius 2 is 1.67 bits per heavy atom. The van der Waals surface area contributed by atoms with E-state index in [0.29, 0.717) is 5.56 Å². The second-order valence-electron chi connectivity index (χ2n) is 4.38. The van der Waals surface area contributed by atoms with Gasteiger partial charge in [-0.3, -0.25) is 0 Å². The first-order chi connectivity index (χ1) is 8.33. The van der Waals surface area contributed by atoms with Crippen LogP contribution < -0.4 is 15.2 Å². The van der Waals surface area contributed by atoms with Crippen LogP contribution in [0.25, 0.3) is 0 Å². The van der Waals surface area contributed by atoms with E-state index in [1.807, 2.05) is 0 Å². The van der Waals surface area contributed by atoms with Crippen LogP contribution in [-0.4, -0.2) is 14.2 Å². The topological polar surface area (TPSA) is 44.5 Å². The van der Waals surface area contributed by atoms with E-state index < -0.39 is 17.3 Å². The number of benzene rings is 1. The Hall–Kier alpha value is -1.43. The van der Waals surface area contributed by atoms with Crippen LogP contribution >= 0.6 is 0 Å². The molecule has 0 aliphatic heterocycles. The van der Waals surface area contributed by atoms with Crippen LogP contribution in [0.4, 0.5) is 13.2 Å². The third-order valence-electron chi connectivity index (χ3n) is 3.15. The highest BCUT2D eigenvalue weighted by Gasteiger charge is 2.45. The SMILES string of the molecule is COc1c(C(F)(F)F)ccc(C2(N)CC2)c1OC. The molecule has 0 atom stereocenters. The predicted molar refractivity (Wildman–Crippen MR) is 59.6 cm³/mol. The van der Waals surface area contributed by atoms with Crippen LogP contribution in [0.2, 0.25) is 0 Å². The van der Waals surface area contributed by atoms with Gasteiger partial charge in [0.15, 0.2) is 11.5 Å². The minimum atomic E-state index is -4.48. The zero-order valence-corrected chi connectivity index (χ0v) is 10.1. The molecule has 1 aromatic carbocycles. The summed E-state index contributed by atoms with van der Waals surface area (Å²) in [5.41, 5.74) is 5.14. The van der Waals surface area contributed by atoms with Crippen LogP contribution in [0.1, 0.15) is 24.0 Å². The van der Waals surface area contributed by atoms with Crippen molar-refractivity contribution in [3.63, 3.8) is 0 Å². The van der Waals surface area contributed by atoms with E-state index in [2.05, 4.69) is 0 Å². The second kappa shape index (κ2) is 4.05. The Bertz CT molecular complexity index is 435. The molecule has 1 fully saturated rings. The highest BCUT2D eigenvalue weighted by atomic mass is 19.4. The summed E-state index contributed by atoms with van der Waals surface area (Å²) in [5.74, 6) is -0.230. The average molecular weight is 261 g/mol. The van der Waals surface area contributed by atoms with Gasteiger partial charge in [0.1, 0.15) is 5.56 Å². The summed E-state index contributed by atoms with van der Waals surface area (Å²) in [6.45, 7) is 0. The first kappa shape index (κ1) is 13.0. The summed E-state index contributed by atoms with van der Waals surface area (Å²) in [5, 5.41) is 0. The lowest BCUT2D eigenvalue weighted by Crippen LogP contribution is -2.21. The molecule has 1 saturated carbocycles. The average Bonchev–Trinajstić information content (AvgIpc) is 3.05. The molecular formula is C12H14F3NO2. The van der Waals surface area contributed by atoms with Crippen LogP contribution in [0, 0.1) is 0 Å². The van der Waals surface area contributed by atoms with Gasteiger partial charge in [-0.1, -0.05) is 6.07 Å². The van der Waals surface area contributed by atoms with Crippen molar-refractivity contribution in [1.29, 1.82) is 0 Å². The molecule has 1 aliphatic carbocycles. The number of methoxy groups -OCH3 is 2. The van der Waals surface area contributed by atoms with Crippen molar-refractivity contribution in [2.75, 3.05) is 14.2 Å². The number of ether oxygens (including phenoxy) is 2. The van der Waals surface area contributed by atoms with Crippen molar-refractivity contribution in [3.8, 4) is 11.5 Å². The zero-order valence-electron chi connectivity index (χ0n) is 10.1. The number of alkyl halides is 3. The number of halogens is 3. The van der Waals surface area contributed by atoms with Gasteiger partial charge in [-0.25, -0.2) is 0 Å². The highest BCUT2D eigenvalue weighted by Crippen LogP contribution is 2.52. The van der Waals surface area contributed by atoms with Gasteiger partial charge < -0.3 is 15.2 Å². The molecule has 100 valence electrons. The lowest BCUT2D eigenvalue weighted by molar-refractivity contribution is -0.138. The fourth-order valence-corrected chi connectivity index (χ4v) is 1.99. The van der Waals surface area contributed by atoms with Gasteiger partial charge in [-0.15, -0.1) is 0 Å². The molecule has 3 nitrogen and oxygen atoms in total. The third kappa shape index (κ3) is 2.01. The summed E-state index contributed by atoms with van der Waals surface area (Å²) in [4.78, 5) is 0. The second-order valence-corrected chi connectivity index (χ2v) is 4.38. The minimum absolute atomic E-state index is 0.0762. The standard InChI is InChI=1S/C12H14F3NO2/c1-17-9-7(11(16)5-6-11)3-4-8(10(9)18-2)12(13,14)15/h3-4H,5-6,16H2,1-2H3. The normalized spacial score (nSPS) is 17.4. The molecule has 18 heavy (non-hydrogen) atoms. The van der Waals surface area contributed by atoms with Crippen molar-refractivity contribution < 1.29 is 22.6 Å². The molecule has 0 saturated heterocycles. The summed E-state index contributed by atoms with van der Waals surface area (Å²) < 4.78 is 48.4. The van der Waals surface area contributed by atoms with E-state index >= 15 is 0 Å². The van der Waals surface area contributed by atoms with Crippen LogP contribution in [-0.2, 0) is 11.7 Å². The predicted octanol–water partition coefficient (Wildman–Crippen LogP) is 2.67. The number of hydrogen-bond donors (Lipinski definition) is 1. The number of hydrogen-bond acceptors (Lipinski definition) is 3. The van der Waals surface area contributed by atoms with E-state index in [4.69, 9.17) is 15.2 Å². The van der Waals surface area contributed by atoms with Crippen LogP contribution in [0.5, 0.6) is 11.5 Å². The maximum atomic E-state index is 12.8. The fourth-order valence-electron chi connectivity index (χ4n) is 1.99. The molecule has 0 amide bonds. The van der Waals surface area contributed by atoms with E-state index in [0.717, 1.165) is 18.9 Å². The van der Waals surface area contributed by atoms with Crippen molar-refractivity contribution in [2.45, 2.75) is 24.6 Å². The first-order valence-electron chi connectivity index (χ1n) is 5.45. The van der Waals surface area contributed by atoms with Crippen molar-refractivity contribution in [2.24, 2.45) is 5.73 Å². The molecule has 2 N–H and O–H groups in total. The maximum Gasteiger partial charge on any atom is 0.420 e. The van der Waals surface area contributed by atoms with Gasteiger partial charge in [-0.2, -0.15) is 13.2 Å². The summed E-state index contributed by atoms with van der Waals surface area (Å²) >= 11 is 0. The largest absolute Gasteiger partial charge is 0.492 e. The minimum Gasteiger partial charge on any atom is -0.492 e. The summed E-state index contributed by atoms with van der Waals surface area (Å²) in [7, 11) is 2.50. The molecule has 1 aliphatic rings. The summed E-state index contributed by atoms with van der Waals surface area (Å²) in [6.07, 6.45) is -3.02. The zero-order chi connectivity index (χ0) is 13.6. The molecule has 0 bridgehead atoms. The Kier molecular flexibility index (Phi) is 2.93. The van der Waals surface area contributed by atoms with Gasteiger partial charge in [0, 0.05) is 11.1 Å². The quantitative estimate of drug-likeness (QED) is 0.909. The van der Waals surface area contributed by atoms with Gasteiger partial charge in [0.05, 0.1) is 14.2 Å². The maximum absolute atomic E-state index is 12.8. The van der Waals surface area contributed by atoms with Crippen LogP contribution in [0.3, 0.4) is 0 Å². The molecular weight excluding hydrogens is 247 g/mol. The van der Waals surface area contributed by atoms with Crippen LogP contribution in [0.15, 0.2) is 12.1 Å². The van der Waals surface area contributed by atoms with Gasteiger partial charge >= 0.3 is 6.18 Å². The van der Waals surface area contributed by atoms with Crippen molar-refractivity contribution in [3.05, 3.63) is 23.3 Å². The monoisotopic (exact) mass is 261 g/mol. The molecule has 0 heterocycles. The third-order valence-corrected chi connectivity index (χ3v) is 3.15. The fraction of sp³-hybridized carbons (Fsp3) is 0.500. The molecule has 0 spiro atoms. The first-order valence-corrected chi connectivity index (χ1v) is 5.45. The number of nitrogens with two attached hydrogens (primary N) is 1. The smallest absolute Gasteiger partial charge is 0.420 e. The molecule has 0 radical (unpaired) electrons. The highest BCUT2D eigenvalue weighted by molar-refractivity contribution is 5.56. The lowest BCUT2D eigenvalue weighted by Gasteiger charge is -2.20. The molecule has 6 heteroatoms. The Labute approximate surface area is 103 Å². The van der Waals surface area contributed by atoms with E-state index in [9.17, 15) is 13.2 Å². The molecule has 2 rings (SSSR count). The number of rotatable bonds is 3. The molecule has 1 aromatic rings. The summed E-state index contributed by atoms with van der Waals surface area (Å²) in [6, 6.07) is 2.36.